The summed E-state index contributed by atoms with van der Waals surface area (Å²) in [5.41, 5.74) is 1.94. The molecule has 0 saturated carbocycles. The van der Waals surface area contributed by atoms with Crippen LogP contribution in [0.15, 0.2) is 71.7 Å². The number of nitrogens with one attached hydrogen (secondary N) is 2. The van der Waals surface area contributed by atoms with Crippen LogP contribution in [0.5, 0.6) is 11.5 Å². The highest BCUT2D eigenvalue weighted by molar-refractivity contribution is 7.99. The quantitative estimate of drug-likeness (QED) is 0.229. The van der Waals surface area contributed by atoms with Gasteiger partial charge in [0.2, 0.25) is 0 Å². The minimum Gasteiger partial charge on any atom is -0.452 e. The van der Waals surface area contributed by atoms with Gasteiger partial charge in [0.05, 0.1) is 5.69 Å². The molecule has 10 heteroatoms. The first-order valence-corrected chi connectivity index (χ1v) is 14.3. The maximum atomic E-state index is 15.2. The number of carbonyl (C=O) groups excluding carboxylic acids is 1. The Morgan fingerprint density at radius 1 is 1.10 bits per heavy atom. The average molecular weight is 575 g/mol. The summed E-state index contributed by atoms with van der Waals surface area (Å²) in [6, 6.07) is 14.2. The molecule has 1 amide bonds. The first-order chi connectivity index (χ1) is 19.8. The van der Waals surface area contributed by atoms with Crippen LogP contribution >= 0.6 is 11.8 Å². The molecule has 5 rings (SSSR count). The lowest BCUT2D eigenvalue weighted by atomic mass is 9.94. The third kappa shape index (κ3) is 6.38. The number of pyridine rings is 2. The average Bonchev–Trinajstić information content (AvgIpc) is 2.97. The SMILES string of the molecule is Cc1ccc(C(=O)Nc2ccc(Oc3cc(C4CCSCC4)cnc3CC=N)c(F)c2)c(=O)n1-c1ccc(F)cc1. The third-order valence-electron chi connectivity index (χ3n) is 6.96. The van der Waals surface area contributed by atoms with Crippen molar-refractivity contribution >= 4 is 29.6 Å². The van der Waals surface area contributed by atoms with E-state index in [2.05, 4.69) is 10.3 Å². The number of halogens is 2. The van der Waals surface area contributed by atoms with E-state index in [9.17, 15) is 14.0 Å². The zero-order valence-electron chi connectivity index (χ0n) is 22.3. The highest BCUT2D eigenvalue weighted by Gasteiger charge is 2.20. The van der Waals surface area contributed by atoms with Gasteiger partial charge in [-0.05, 0) is 97.3 Å². The molecule has 3 heterocycles. The molecular weight excluding hydrogens is 546 g/mol. The van der Waals surface area contributed by atoms with Crippen LogP contribution in [0.1, 0.15) is 46.1 Å². The van der Waals surface area contributed by atoms with Gasteiger partial charge in [0.1, 0.15) is 17.1 Å². The van der Waals surface area contributed by atoms with Crippen LogP contribution in [-0.4, -0.2) is 33.2 Å². The Bertz CT molecular complexity index is 1650. The van der Waals surface area contributed by atoms with Crippen molar-refractivity contribution in [1.29, 1.82) is 5.41 Å². The molecule has 1 aliphatic rings. The topological polar surface area (TPSA) is 97.1 Å². The number of amides is 1. The Morgan fingerprint density at radius 3 is 2.56 bits per heavy atom. The van der Waals surface area contributed by atoms with Crippen molar-refractivity contribution in [2.75, 3.05) is 16.8 Å². The van der Waals surface area contributed by atoms with Gasteiger partial charge in [-0.15, -0.1) is 0 Å². The number of carbonyl (C=O) groups is 1. The van der Waals surface area contributed by atoms with Gasteiger partial charge in [0.25, 0.3) is 11.5 Å². The fourth-order valence-corrected chi connectivity index (χ4v) is 5.88. The molecule has 0 spiro atoms. The number of aromatic nitrogens is 2. The van der Waals surface area contributed by atoms with Crippen LogP contribution in [0.3, 0.4) is 0 Å². The lowest BCUT2D eigenvalue weighted by molar-refractivity contribution is 0.102. The lowest BCUT2D eigenvalue weighted by Crippen LogP contribution is -2.29. The van der Waals surface area contributed by atoms with Crippen LogP contribution in [-0.2, 0) is 6.42 Å². The van der Waals surface area contributed by atoms with Gasteiger partial charge in [-0.1, -0.05) is 0 Å². The van der Waals surface area contributed by atoms with Crippen LogP contribution in [0.25, 0.3) is 5.69 Å². The van der Waals surface area contributed by atoms with E-state index >= 15 is 4.39 Å². The predicted molar refractivity (Wildman–Crippen MR) is 157 cm³/mol. The molecule has 2 N–H and O–H groups in total. The predicted octanol–water partition coefficient (Wildman–Crippen LogP) is 6.67. The Kier molecular flexibility index (Phi) is 8.58. The summed E-state index contributed by atoms with van der Waals surface area (Å²) in [6.45, 7) is 1.70. The maximum absolute atomic E-state index is 15.2. The summed E-state index contributed by atoms with van der Waals surface area (Å²) in [4.78, 5) is 30.7. The number of aryl methyl sites for hydroxylation is 1. The molecular formula is C31H28F2N4O3S. The van der Waals surface area contributed by atoms with Crippen molar-refractivity contribution in [3.05, 3.63) is 111 Å². The molecule has 0 unspecified atom stereocenters. The molecule has 4 aromatic rings. The maximum Gasteiger partial charge on any atom is 0.268 e. The number of rotatable bonds is 8. The highest BCUT2D eigenvalue weighted by atomic mass is 32.2. The van der Waals surface area contributed by atoms with Crippen molar-refractivity contribution < 1.29 is 18.3 Å². The minimum absolute atomic E-state index is 0.0543. The molecule has 2 aromatic carbocycles. The smallest absolute Gasteiger partial charge is 0.268 e. The second-order valence-corrected chi connectivity index (χ2v) is 10.9. The van der Waals surface area contributed by atoms with Gasteiger partial charge >= 0.3 is 0 Å². The molecule has 210 valence electrons. The summed E-state index contributed by atoms with van der Waals surface area (Å²) < 4.78 is 35.8. The highest BCUT2D eigenvalue weighted by Crippen LogP contribution is 2.35. The number of benzene rings is 2. The Hall–Kier alpha value is -4.31. The van der Waals surface area contributed by atoms with Crippen LogP contribution in [0, 0.1) is 24.0 Å². The standard InChI is InChI=1S/C31H28F2N4O3S/c1-19-2-8-25(31(39)37(19)24-6-3-22(32)4-7-24)30(38)36-23-5-9-28(26(33)17-23)40-29-16-21(18-35-27(29)10-13-34)20-11-14-41-15-12-20/h2-9,13,16-18,20,34H,10-12,14-15H2,1H3,(H,36,38). The fraction of sp³-hybridized carbons (Fsp3) is 0.226. The molecule has 0 atom stereocenters. The second kappa shape index (κ2) is 12.5. The van der Waals surface area contributed by atoms with E-state index in [-0.39, 0.29) is 23.4 Å². The largest absolute Gasteiger partial charge is 0.452 e. The lowest BCUT2D eigenvalue weighted by Gasteiger charge is -2.22. The number of nitrogens with zero attached hydrogens (tertiary/aromatic N) is 2. The second-order valence-electron chi connectivity index (χ2n) is 9.72. The molecule has 41 heavy (non-hydrogen) atoms. The normalized spacial score (nSPS) is 13.5. The molecule has 0 radical (unpaired) electrons. The van der Waals surface area contributed by atoms with Gasteiger partial charge < -0.3 is 15.5 Å². The monoisotopic (exact) mass is 574 g/mol. The van der Waals surface area contributed by atoms with Crippen LogP contribution in [0.2, 0.25) is 0 Å². The van der Waals surface area contributed by atoms with E-state index in [4.69, 9.17) is 10.1 Å². The molecule has 1 aliphatic heterocycles. The van der Waals surface area contributed by atoms with E-state index in [1.165, 1.54) is 53.2 Å². The summed E-state index contributed by atoms with van der Waals surface area (Å²) >= 11 is 1.93. The summed E-state index contributed by atoms with van der Waals surface area (Å²) in [7, 11) is 0. The van der Waals surface area contributed by atoms with E-state index < -0.39 is 23.1 Å². The van der Waals surface area contributed by atoms with Crippen molar-refractivity contribution in [1.82, 2.24) is 9.55 Å². The first-order valence-electron chi connectivity index (χ1n) is 13.2. The summed E-state index contributed by atoms with van der Waals surface area (Å²) in [6.07, 6.45) is 5.35. The minimum atomic E-state index is -0.713. The van der Waals surface area contributed by atoms with Gasteiger partial charge in [0.15, 0.2) is 11.6 Å². The van der Waals surface area contributed by atoms with Crippen LogP contribution < -0.4 is 15.6 Å². The van der Waals surface area contributed by atoms with Crippen molar-refractivity contribution in [2.45, 2.75) is 32.1 Å². The van der Waals surface area contributed by atoms with Gasteiger partial charge in [-0.3, -0.25) is 19.1 Å². The number of anilines is 1. The van der Waals surface area contributed by atoms with E-state index in [1.807, 2.05) is 24.0 Å². The molecule has 0 bridgehead atoms. The third-order valence-corrected chi connectivity index (χ3v) is 8.01. The number of hydrogen-bond donors (Lipinski definition) is 2. The van der Waals surface area contributed by atoms with Crippen molar-refractivity contribution in [3.63, 3.8) is 0 Å². The Morgan fingerprint density at radius 2 is 1.85 bits per heavy atom. The van der Waals surface area contributed by atoms with Gasteiger partial charge in [-0.25, -0.2) is 8.78 Å². The van der Waals surface area contributed by atoms with Crippen LogP contribution in [0.4, 0.5) is 14.5 Å². The molecule has 1 saturated heterocycles. The zero-order valence-corrected chi connectivity index (χ0v) is 23.1. The van der Waals surface area contributed by atoms with Gasteiger partial charge in [0, 0.05) is 42.0 Å². The van der Waals surface area contributed by atoms with E-state index in [0.29, 0.717) is 28.7 Å². The van der Waals surface area contributed by atoms with E-state index in [0.717, 1.165) is 36.0 Å². The molecule has 0 aliphatic carbocycles. The number of ether oxygens (including phenoxy) is 1. The van der Waals surface area contributed by atoms with Crippen molar-refractivity contribution in [2.24, 2.45) is 0 Å². The number of thioether (sulfide) groups is 1. The summed E-state index contributed by atoms with van der Waals surface area (Å²) in [5, 5.41) is 10.1. The molecule has 2 aromatic heterocycles. The Labute approximate surface area is 240 Å². The van der Waals surface area contributed by atoms with Crippen molar-refractivity contribution in [3.8, 4) is 17.2 Å². The molecule has 1 fully saturated rings. The zero-order chi connectivity index (χ0) is 28.9. The first kappa shape index (κ1) is 28.2. The molecule has 7 nitrogen and oxygen atoms in total. The number of hydrogen-bond acceptors (Lipinski definition) is 6. The van der Waals surface area contributed by atoms with E-state index in [1.54, 1.807) is 13.0 Å². The van der Waals surface area contributed by atoms with Gasteiger partial charge in [-0.2, -0.15) is 11.8 Å². The summed E-state index contributed by atoms with van der Waals surface area (Å²) in [5.74, 6) is 0.979. The fourth-order valence-electron chi connectivity index (χ4n) is 4.77. The Balaban J connectivity index is 1.36.